The van der Waals surface area contributed by atoms with Gasteiger partial charge in [-0.25, -0.2) is 4.98 Å². The van der Waals surface area contributed by atoms with Crippen LogP contribution >= 0.6 is 0 Å². The van der Waals surface area contributed by atoms with E-state index in [-0.39, 0.29) is 10.8 Å². The zero-order valence-corrected chi connectivity index (χ0v) is 40.3. The first-order valence-electron chi connectivity index (χ1n) is 23.6. The van der Waals surface area contributed by atoms with E-state index in [0.717, 1.165) is 95.2 Å². The minimum atomic E-state index is -0.806. The minimum Gasteiger partial charge on any atom is -0.496 e. The van der Waals surface area contributed by atoms with Gasteiger partial charge in [-0.1, -0.05) is 165 Å². The van der Waals surface area contributed by atoms with Gasteiger partial charge >= 0.3 is 0 Å². The SMILES string of the molecule is [2H]C(C)(C)c1ccc(-n2c(-c3cc(C)cc(C)c3OC)nc3c(-c4cc(-c5cc(-c6ccc(-c7ccccc7)cc6)ccn5)cc(C(C)(C)C)c4)cccc32)c(-c2ccc(C(C)(C)C)cc2)c1. The van der Waals surface area contributed by atoms with Crippen molar-refractivity contribution in [2.45, 2.75) is 86.0 Å². The van der Waals surface area contributed by atoms with Gasteiger partial charge in [-0.05, 0) is 140 Å². The monoisotopic (exact) mass is 864 g/mol. The number of imidazole rings is 1. The van der Waals surface area contributed by atoms with E-state index in [0.29, 0.717) is 0 Å². The molecule has 0 spiro atoms. The summed E-state index contributed by atoms with van der Waals surface area (Å²) in [5.41, 5.74) is 20.0. The highest BCUT2D eigenvalue weighted by atomic mass is 16.5. The van der Waals surface area contributed by atoms with Gasteiger partial charge in [0.15, 0.2) is 0 Å². The first-order chi connectivity index (χ1) is 31.9. The summed E-state index contributed by atoms with van der Waals surface area (Å²) < 4.78 is 17.6. The smallest absolute Gasteiger partial charge is 0.149 e. The average Bonchev–Trinajstić information content (AvgIpc) is 3.70. The molecule has 0 saturated heterocycles. The van der Waals surface area contributed by atoms with E-state index in [1.54, 1.807) is 7.11 Å². The third-order valence-electron chi connectivity index (χ3n) is 12.9. The van der Waals surface area contributed by atoms with Gasteiger partial charge in [-0.2, -0.15) is 0 Å². The van der Waals surface area contributed by atoms with E-state index in [4.69, 9.17) is 16.1 Å². The highest BCUT2D eigenvalue weighted by Gasteiger charge is 2.25. The summed E-state index contributed by atoms with van der Waals surface area (Å²) >= 11 is 0. The first kappa shape index (κ1) is 42.9. The second kappa shape index (κ2) is 17.4. The van der Waals surface area contributed by atoms with Crippen molar-refractivity contribution < 1.29 is 6.11 Å². The molecule has 66 heavy (non-hydrogen) atoms. The number of fused-ring (bicyclic) bond motifs is 1. The van der Waals surface area contributed by atoms with Crippen LogP contribution in [0.5, 0.6) is 5.75 Å². The van der Waals surface area contributed by atoms with Gasteiger partial charge in [0.2, 0.25) is 0 Å². The molecule has 9 aromatic rings. The van der Waals surface area contributed by atoms with Crippen LogP contribution in [0.2, 0.25) is 0 Å². The standard InChI is InChI=1S/C62H61N3O/c1-39(2)46-26-29-56(53(37-46)45-24-27-50(28-25-45)61(5,6)7)65-57-19-15-18-52(58(57)64-60(65)54-33-40(3)32-41(4)59(54)66-11)48-34-49(36-51(35-48)62(8,9)10)55-38-47(30-31-63-55)44-22-20-43(21-23-44)42-16-13-12-14-17-42/h12-39H,1-11H3/i39D. The van der Waals surface area contributed by atoms with E-state index >= 15 is 0 Å². The lowest BCUT2D eigenvalue weighted by Crippen LogP contribution is -2.11. The fourth-order valence-corrected chi connectivity index (χ4v) is 9.19. The van der Waals surface area contributed by atoms with Crippen LogP contribution in [0, 0.1) is 13.8 Å². The van der Waals surface area contributed by atoms with Gasteiger partial charge in [0.25, 0.3) is 0 Å². The normalized spacial score (nSPS) is 12.4. The van der Waals surface area contributed by atoms with Crippen molar-refractivity contribution in [3.8, 4) is 78.6 Å². The number of para-hydroxylation sites is 1. The second-order valence-electron chi connectivity index (χ2n) is 20.1. The maximum atomic E-state index is 9.12. The number of aryl methyl sites for hydroxylation is 2. The number of ether oxygens (including phenoxy) is 1. The van der Waals surface area contributed by atoms with Gasteiger partial charge in [-0.3, -0.25) is 9.55 Å². The summed E-state index contributed by atoms with van der Waals surface area (Å²) in [6.07, 6.45) is 1.92. The number of rotatable bonds is 9. The Hall–Kier alpha value is -7.04. The van der Waals surface area contributed by atoms with Gasteiger partial charge < -0.3 is 4.74 Å². The van der Waals surface area contributed by atoms with Crippen LogP contribution in [-0.2, 0) is 10.8 Å². The number of aromatic nitrogens is 3. The number of hydrogen-bond donors (Lipinski definition) is 0. The van der Waals surface area contributed by atoms with Crippen molar-refractivity contribution >= 4 is 11.0 Å². The van der Waals surface area contributed by atoms with Crippen LogP contribution < -0.4 is 4.74 Å². The van der Waals surface area contributed by atoms with Crippen molar-refractivity contribution in [1.82, 2.24) is 14.5 Å². The fraction of sp³-hybridized carbons (Fsp3) is 0.226. The van der Waals surface area contributed by atoms with Gasteiger partial charge in [0.1, 0.15) is 11.6 Å². The molecular formula is C62H61N3O. The van der Waals surface area contributed by atoms with Crippen molar-refractivity contribution in [2.24, 2.45) is 0 Å². The Morgan fingerprint density at radius 2 is 1.20 bits per heavy atom. The summed E-state index contributed by atoms with van der Waals surface area (Å²) in [4.78, 5) is 10.7. The lowest BCUT2D eigenvalue weighted by molar-refractivity contribution is 0.413. The molecule has 0 amide bonds. The summed E-state index contributed by atoms with van der Waals surface area (Å²) in [5.74, 6) is 0.775. The van der Waals surface area contributed by atoms with Crippen LogP contribution in [0.25, 0.3) is 83.9 Å². The van der Waals surface area contributed by atoms with E-state index in [9.17, 15) is 0 Å². The Bertz CT molecular complexity index is 3270. The van der Waals surface area contributed by atoms with Crippen LogP contribution in [0.3, 0.4) is 0 Å². The van der Waals surface area contributed by atoms with E-state index in [1.165, 1.54) is 22.3 Å². The number of hydrogen-bond acceptors (Lipinski definition) is 3. The largest absolute Gasteiger partial charge is 0.496 e. The third-order valence-corrected chi connectivity index (χ3v) is 12.9. The maximum absolute atomic E-state index is 9.12. The molecular weight excluding hydrogens is 803 g/mol. The molecule has 0 aliphatic heterocycles. The molecule has 4 nitrogen and oxygen atoms in total. The highest BCUT2D eigenvalue weighted by Crippen LogP contribution is 2.44. The summed E-state index contributed by atoms with van der Waals surface area (Å²) in [7, 11) is 1.75. The molecule has 330 valence electrons. The lowest BCUT2D eigenvalue weighted by Gasteiger charge is -2.22. The molecule has 2 heterocycles. The molecule has 0 radical (unpaired) electrons. The zero-order chi connectivity index (χ0) is 47.4. The Balaban J connectivity index is 1.27. The molecule has 2 aromatic heterocycles. The van der Waals surface area contributed by atoms with E-state index in [2.05, 4.69) is 218 Å². The van der Waals surface area contributed by atoms with E-state index in [1.807, 2.05) is 20.0 Å². The molecule has 0 aliphatic rings. The number of methoxy groups -OCH3 is 1. The van der Waals surface area contributed by atoms with Crippen molar-refractivity contribution in [3.63, 3.8) is 0 Å². The molecule has 0 saturated carbocycles. The molecule has 0 fully saturated rings. The van der Waals surface area contributed by atoms with E-state index < -0.39 is 5.89 Å². The molecule has 0 N–H and O–H groups in total. The second-order valence-corrected chi connectivity index (χ2v) is 20.1. The van der Waals surface area contributed by atoms with Gasteiger partial charge in [-0.15, -0.1) is 0 Å². The van der Waals surface area contributed by atoms with Gasteiger partial charge in [0.05, 0.1) is 35.1 Å². The molecule has 7 aromatic carbocycles. The molecule has 0 unspecified atom stereocenters. The molecule has 4 heteroatoms. The Morgan fingerprint density at radius 1 is 0.545 bits per heavy atom. The van der Waals surface area contributed by atoms with Crippen molar-refractivity contribution in [3.05, 3.63) is 192 Å². The zero-order valence-electron chi connectivity index (χ0n) is 41.3. The van der Waals surface area contributed by atoms with Crippen LogP contribution in [0.15, 0.2) is 164 Å². The summed E-state index contributed by atoms with van der Waals surface area (Å²) in [5, 5.41) is 0. The first-order valence-corrected chi connectivity index (χ1v) is 23.1. The molecule has 0 bridgehead atoms. The highest BCUT2D eigenvalue weighted by molar-refractivity contribution is 5.98. The summed E-state index contributed by atoms with van der Waals surface area (Å²) in [6, 6.07) is 56.8. The fourth-order valence-electron chi connectivity index (χ4n) is 9.19. The molecule has 0 atom stereocenters. The Kier molecular flexibility index (Phi) is 11.3. The Morgan fingerprint density at radius 3 is 1.86 bits per heavy atom. The topological polar surface area (TPSA) is 39.9 Å². The van der Waals surface area contributed by atoms with Gasteiger partial charge in [0, 0.05) is 24.3 Å². The van der Waals surface area contributed by atoms with Crippen molar-refractivity contribution in [1.29, 1.82) is 0 Å². The van der Waals surface area contributed by atoms with Crippen LogP contribution in [0.1, 0.15) is 90.5 Å². The number of benzene rings is 7. The number of nitrogens with zero attached hydrogens (tertiary/aromatic N) is 3. The quantitative estimate of drug-likeness (QED) is 0.145. The Labute approximate surface area is 393 Å². The average molecular weight is 865 g/mol. The number of pyridine rings is 1. The summed E-state index contributed by atoms with van der Waals surface area (Å²) in [6.45, 7) is 21.7. The van der Waals surface area contributed by atoms with Crippen molar-refractivity contribution in [2.75, 3.05) is 7.11 Å². The minimum absolute atomic E-state index is 0.00813. The maximum Gasteiger partial charge on any atom is 0.149 e. The van der Waals surface area contributed by atoms with Crippen LogP contribution in [0.4, 0.5) is 0 Å². The van der Waals surface area contributed by atoms with Crippen LogP contribution in [-0.4, -0.2) is 21.6 Å². The predicted molar refractivity (Wildman–Crippen MR) is 279 cm³/mol. The lowest BCUT2D eigenvalue weighted by atomic mass is 9.83. The molecule has 0 aliphatic carbocycles. The third kappa shape index (κ3) is 8.61. The molecule has 9 rings (SSSR count). The predicted octanol–water partition coefficient (Wildman–Crippen LogP) is 16.8.